The number of aromatic nitrogens is 4. The van der Waals surface area contributed by atoms with Gasteiger partial charge in [0.1, 0.15) is 11.8 Å². The summed E-state index contributed by atoms with van der Waals surface area (Å²) in [5.74, 6) is 1.24. The SMILES string of the molecule is CC(Sc1nnc(-c2cccnc2)n1C)C(=O)N1N=C(c2ccc(Cl)cc2)CC1c1ccco1. The Balaban J connectivity index is 1.39. The second-order valence-corrected chi connectivity index (χ2v) is 9.58. The number of benzene rings is 1. The summed E-state index contributed by atoms with van der Waals surface area (Å²) in [6.45, 7) is 1.85. The minimum Gasteiger partial charge on any atom is -0.467 e. The van der Waals surface area contributed by atoms with Gasteiger partial charge in [-0.25, -0.2) is 5.01 Å². The first-order valence-corrected chi connectivity index (χ1v) is 11.9. The highest BCUT2D eigenvalue weighted by atomic mass is 35.5. The van der Waals surface area contributed by atoms with Gasteiger partial charge in [0.2, 0.25) is 0 Å². The zero-order valence-electron chi connectivity index (χ0n) is 18.5. The van der Waals surface area contributed by atoms with E-state index in [2.05, 4.69) is 15.2 Å². The fourth-order valence-corrected chi connectivity index (χ4v) is 4.78. The maximum absolute atomic E-state index is 13.5. The van der Waals surface area contributed by atoms with Gasteiger partial charge in [-0.15, -0.1) is 10.2 Å². The van der Waals surface area contributed by atoms with Crippen molar-refractivity contribution in [2.45, 2.75) is 29.8 Å². The van der Waals surface area contributed by atoms with Gasteiger partial charge in [0, 0.05) is 36.4 Å². The van der Waals surface area contributed by atoms with Crippen molar-refractivity contribution in [2.24, 2.45) is 12.1 Å². The van der Waals surface area contributed by atoms with Crippen molar-refractivity contribution in [2.75, 3.05) is 0 Å². The van der Waals surface area contributed by atoms with Crippen LogP contribution in [0.5, 0.6) is 0 Å². The number of nitrogens with zero attached hydrogens (tertiary/aromatic N) is 6. The molecule has 0 fully saturated rings. The molecular formula is C24H21ClN6O2S. The average molecular weight is 493 g/mol. The Bertz CT molecular complexity index is 1320. The molecule has 0 saturated carbocycles. The van der Waals surface area contributed by atoms with Crippen LogP contribution in [-0.4, -0.2) is 41.6 Å². The Morgan fingerprint density at radius 3 is 2.68 bits per heavy atom. The van der Waals surface area contributed by atoms with Gasteiger partial charge in [0.05, 0.1) is 17.2 Å². The second-order valence-electron chi connectivity index (χ2n) is 7.84. The van der Waals surface area contributed by atoms with Crippen LogP contribution in [0.3, 0.4) is 0 Å². The smallest absolute Gasteiger partial charge is 0.256 e. The first-order chi connectivity index (χ1) is 16.5. The third-order valence-electron chi connectivity index (χ3n) is 5.57. The summed E-state index contributed by atoms with van der Waals surface area (Å²) in [7, 11) is 1.88. The number of carbonyl (C=O) groups excluding carboxylic acids is 1. The van der Waals surface area contributed by atoms with Crippen molar-refractivity contribution in [1.29, 1.82) is 0 Å². The van der Waals surface area contributed by atoms with Crippen LogP contribution in [0.2, 0.25) is 5.02 Å². The van der Waals surface area contributed by atoms with Crippen molar-refractivity contribution in [3.05, 3.63) is 83.5 Å². The highest BCUT2D eigenvalue weighted by Gasteiger charge is 2.37. The molecule has 0 saturated heterocycles. The van der Waals surface area contributed by atoms with Crippen molar-refractivity contribution in [3.63, 3.8) is 0 Å². The van der Waals surface area contributed by atoms with Crippen LogP contribution in [0.4, 0.5) is 0 Å². The zero-order chi connectivity index (χ0) is 23.7. The van der Waals surface area contributed by atoms with E-state index in [9.17, 15) is 4.79 Å². The standard InChI is InChI=1S/C24H21ClN6O2S/c1-15(34-24-28-27-22(30(24)2)17-5-3-11-26-14-17)23(32)31-20(21-6-4-12-33-21)13-19(29-31)16-7-9-18(25)10-8-16/h3-12,14-15,20H,13H2,1-2H3. The lowest BCUT2D eigenvalue weighted by molar-refractivity contribution is -0.132. The Morgan fingerprint density at radius 1 is 1.15 bits per heavy atom. The van der Waals surface area contributed by atoms with E-state index in [1.54, 1.807) is 18.7 Å². The highest BCUT2D eigenvalue weighted by molar-refractivity contribution is 8.00. The fourth-order valence-electron chi connectivity index (χ4n) is 3.79. The molecule has 1 aliphatic heterocycles. The van der Waals surface area contributed by atoms with Gasteiger partial charge in [-0.2, -0.15) is 5.10 Å². The molecule has 0 N–H and O–H groups in total. The average Bonchev–Trinajstić information content (AvgIpc) is 3.60. The normalized spacial score (nSPS) is 16.5. The lowest BCUT2D eigenvalue weighted by Gasteiger charge is -2.22. The first-order valence-electron chi connectivity index (χ1n) is 10.7. The lowest BCUT2D eigenvalue weighted by Crippen LogP contribution is -2.33. The molecule has 2 unspecified atom stereocenters. The van der Waals surface area contributed by atoms with Crippen molar-refractivity contribution in [1.82, 2.24) is 24.8 Å². The summed E-state index contributed by atoms with van der Waals surface area (Å²) in [5, 5.41) is 15.6. The van der Waals surface area contributed by atoms with Crippen molar-refractivity contribution in [3.8, 4) is 11.4 Å². The van der Waals surface area contributed by atoms with E-state index in [4.69, 9.17) is 21.1 Å². The van der Waals surface area contributed by atoms with Crippen LogP contribution in [0.25, 0.3) is 11.4 Å². The van der Waals surface area contributed by atoms with Crippen LogP contribution in [0, 0.1) is 0 Å². The number of amides is 1. The number of carbonyl (C=O) groups is 1. The van der Waals surface area contributed by atoms with E-state index in [0.717, 1.165) is 16.8 Å². The minimum atomic E-state index is -0.449. The number of hydrogen-bond acceptors (Lipinski definition) is 7. The first kappa shape index (κ1) is 22.4. The molecule has 172 valence electrons. The number of rotatable bonds is 6. The van der Waals surface area contributed by atoms with E-state index in [-0.39, 0.29) is 11.9 Å². The maximum Gasteiger partial charge on any atom is 0.256 e. The number of hydrogen-bond donors (Lipinski definition) is 0. The Labute approximate surface area is 205 Å². The van der Waals surface area contributed by atoms with Gasteiger partial charge in [-0.1, -0.05) is 35.5 Å². The van der Waals surface area contributed by atoms with Crippen LogP contribution in [0.1, 0.15) is 30.7 Å². The van der Waals surface area contributed by atoms with Crippen LogP contribution in [0.15, 0.2) is 81.9 Å². The Kier molecular flexibility index (Phi) is 6.21. The van der Waals surface area contributed by atoms with Gasteiger partial charge in [0.15, 0.2) is 11.0 Å². The molecule has 0 radical (unpaired) electrons. The topological polar surface area (TPSA) is 89.4 Å². The third-order valence-corrected chi connectivity index (χ3v) is 6.94. The van der Waals surface area contributed by atoms with E-state index in [0.29, 0.717) is 28.2 Å². The van der Waals surface area contributed by atoms with Crippen LogP contribution < -0.4 is 0 Å². The number of halogens is 1. The summed E-state index contributed by atoms with van der Waals surface area (Å²) in [6, 6.07) is 14.6. The molecular weight excluding hydrogens is 472 g/mol. The second kappa shape index (κ2) is 9.44. The quantitative estimate of drug-likeness (QED) is 0.352. The van der Waals surface area contributed by atoms with E-state index in [1.807, 2.05) is 67.1 Å². The lowest BCUT2D eigenvalue weighted by atomic mass is 10.0. The Morgan fingerprint density at radius 2 is 1.97 bits per heavy atom. The molecule has 3 aromatic heterocycles. The van der Waals surface area contributed by atoms with Crippen LogP contribution >= 0.6 is 23.4 Å². The van der Waals surface area contributed by atoms with Gasteiger partial charge in [-0.05, 0) is 48.9 Å². The highest BCUT2D eigenvalue weighted by Crippen LogP contribution is 2.36. The number of furan rings is 1. The maximum atomic E-state index is 13.5. The molecule has 0 aliphatic carbocycles. The molecule has 4 aromatic rings. The van der Waals surface area contributed by atoms with Crippen molar-refractivity contribution >= 4 is 35.0 Å². The molecule has 10 heteroatoms. The van der Waals surface area contributed by atoms with Gasteiger partial charge in [0.25, 0.3) is 5.91 Å². The number of thioether (sulfide) groups is 1. The molecule has 5 rings (SSSR count). The zero-order valence-corrected chi connectivity index (χ0v) is 20.1. The monoisotopic (exact) mass is 492 g/mol. The molecule has 34 heavy (non-hydrogen) atoms. The molecule has 1 aromatic carbocycles. The van der Waals surface area contributed by atoms with Crippen molar-refractivity contribution < 1.29 is 9.21 Å². The molecule has 0 spiro atoms. The summed E-state index contributed by atoms with van der Waals surface area (Å²) >= 11 is 7.38. The van der Waals surface area contributed by atoms with Gasteiger partial charge >= 0.3 is 0 Å². The number of hydrazone groups is 1. The largest absolute Gasteiger partial charge is 0.467 e. The van der Waals surface area contributed by atoms with E-state index in [1.165, 1.54) is 16.8 Å². The third kappa shape index (κ3) is 4.36. The van der Waals surface area contributed by atoms with Gasteiger partial charge in [-0.3, -0.25) is 9.78 Å². The Hall–Kier alpha value is -3.43. The molecule has 1 amide bonds. The summed E-state index contributed by atoms with van der Waals surface area (Å²) < 4.78 is 7.51. The van der Waals surface area contributed by atoms with E-state index >= 15 is 0 Å². The van der Waals surface area contributed by atoms with Gasteiger partial charge < -0.3 is 8.98 Å². The van der Waals surface area contributed by atoms with E-state index < -0.39 is 5.25 Å². The molecule has 2 atom stereocenters. The molecule has 0 bridgehead atoms. The van der Waals surface area contributed by atoms with Crippen LogP contribution in [-0.2, 0) is 11.8 Å². The number of pyridine rings is 1. The predicted molar refractivity (Wildman–Crippen MR) is 130 cm³/mol. The summed E-state index contributed by atoms with van der Waals surface area (Å²) in [6.07, 6.45) is 5.60. The summed E-state index contributed by atoms with van der Waals surface area (Å²) in [5.41, 5.74) is 2.59. The minimum absolute atomic E-state index is 0.138. The molecule has 4 heterocycles. The summed E-state index contributed by atoms with van der Waals surface area (Å²) in [4.78, 5) is 17.7. The fraction of sp³-hybridized carbons (Fsp3) is 0.208. The molecule has 8 nitrogen and oxygen atoms in total. The predicted octanol–water partition coefficient (Wildman–Crippen LogP) is 4.98. The molecule has 1 aliphatic rings.